The largest absolute Gasteiger partial charge is 0.330 e. The lowest BCUT2D eigenvalue weighted by Gasteiger charge is -2.44. The molecule has 94 valence electrons. The molecule has 1 unspecified atom stereocenters. The predicted molar refractivity (Wildman–Crippen MR) is 68.4 cm³/mol. The minimum absolute atomic E-state index is 0.471. The summed E-state index contributed by atoms with van der Waals surface area (Å²) in [5.74, 6) is 0.880. The molecule has 1 saturated carbocycles. The third-order valence-electron chi connectivity index (χ3n) is 4.51. The van der Waals surface area contributed by atoms with Gasteiger partial charge >= 0.3 is 0 Å². The predicted octanol–water partition coefficient (Wildman–Crippen LogP) is 0.999. The van der Waals surface area contributed by atoms with Crippen LogP contribution in [0.25, 0.3) is 0 Å². The summed E-state index contributed by atoms with van der Waals surface area (Å²) in [7, 11) is 4.50. The molecule has 16 heavy (non-hydrogen) atoms. The molecule has 3 heteroatoms. The van der Waals surface area contributed by atoms with Crippen LogP contribution in [0.1, 0.15) is 25.7 Å². The number of likely N-dealkylation sites (tertiary alicyclic amines) is 1. The highest BCUT2D eigenvalue weighted by atomic mass is 15.2. The standard InChI is InChI=1S/C13H27N3/c1-15-7-4-12(8-15)9-16(2)11-13(10-14)5-3-6-13/h12H,3-11,14H2,1-2H3. The van der Waals surface area contributed by atoms with Crippen LogP contribution >= 0.6 is 0 Å². The molecule has 3 nitrogen and oxygen atoms in total. The smallest absolute Gasteiger partial charge is 0.00471 e. The average Bonchev–Trinajstić information content (AvgIpc) is 2.57. The maximum atomic E-state index is 5.91. The first-order valence-electron chi connectivity index (χ1n) is 6.71. The third-order valence-corrected chi connectivity index (χ3v) is 4.51. The lowest BCUT2D eigenvalue weighted by Crippen LogP contribution is -2.47. The minimum atomic E-state index is 0.471. The van der Waals surface area contributed by atoms with Crippen LogP contribution in [0.5, 0.6) is 0 Å². The second kappa shape index (κ2) is 5.03. The fourth-order valence-electron chi connectivity index (χ4n) is 3.36. The van der Waals surface area contributed by atoms with Crippen molar-refractivity contribution in [3.63, 3.8) is 0 Å². The van der Waals surface area contributed by atoms with E-state index in [0.29, 0.717) is 5.41 Å². The van der Waals surface area contributed by atoms with Gasteiger partial charge in [0.2, 0.25) is 0 Å². The van der Waals surface area contributed by atoms with Gasteiger partial charge in [-0.3, -0.25) is 0 Å². The second-order valence-corrected chi connectivity index (χ2v) is 6.17. The van der Waals surface area contributed by atoms with Gasteiger partial charge in [0, 0.05) is 19.6 Å². The zero-order valence-corrected chi connectivity index (χ0v) is 10.9. The van der Waals surface area contributed by atoms with E-state index in [9.17, 15) is 0 Å². The molecule has 0 amide bonds. The Morgan fingerprint density at radius 2 is 2.19 bits per heavy atom. The molecule has 2 N–H and O–H groups in total. The van der Waals surface area contributed by atoms with E-state index < -0.39 is 0 Å². The molecular weight excluding hydrogens is 198 g/mol. The average molecular weight is 225 g/mol. The number of hydrogen-bond acceptors (Lipinski definition) is 3. The second-order valence-electron chi connectivity index (χ2n) is 6.17. The molecule has 0 spiro atoms. The Labute approximate surface area is 100.0 Å². The highest BCUT2D eigenvalue weighted by Crippen LogP contribution is 2.40. The van der Waals surface area contributed by atoms with E-state index in [2.05, 4.69) is 23.9 Å². The molecule has 2 aliphatic rings. The van der Waals surface area contributed by atoms with Crippen LogP contribution in [0.2, 0.25) is 0 Å². The van der Waals surface area contributed by atoms with Crippen molar-refractivity contribution in [2.24, 2.45) is 17.1 Å². The van der Waals surface area contributed by atoms with Gasteiger partial charge in [0.15, 0.2) is 0 Å². The summed E-state index contributed by atoms with van der Waals surface area (Å²) >= 11 is 0. The van der Waals surface area contributed by atoms with Gasteiger partial charge in [-0.2, -0.15) is 0 Å². The van der Waals surface area contributed by atoms with Crippen molar-refractivity contribution in [3.05, 3.63) is 0 Å². The van der Waals surface area contributed by atoms with Gasteiger partial charge in [-0.05, 0) is 57.8 Å². The van der Waals surface area contributed by atoms with Crippen molar-refractivity contribution in [1.82, 2.24) is 9.80 Å². The van der Waals surface area contributed by atoms with Crippen LogP contribution in [0.4, 0.5) is 0 Å². The number of rotatable bonds is 5. The van der Waals surface area contributed by atoms with Crippen LogP contribution < -0.4 is 5.73 Å². The molecule has 1 aliphatic heterocycles. The van der Waals surface area contributed by atoms with Crippen LogP contribution in [-0.2, 0) is 0 Å². The third kappa shape index (κ3) is 2.76. The van der Waals surface area contributed by atoms with Gasteiger partial charge < -0.3 is 15.5 Å². The minimum Gasteiger partial charge on any atom is -0.330 e. The molecule has 1 heterocycles. The van der Waals surface area contributed by atoms with Gasteiger partial charge in [-0.15, -0.1) is 0 Å². The van der Waals surface area contributed by atoms with E-state index in [1.54, 1.807) is 0 Å². The molecule has 0 aromatic rings. The summed E-state index contributed by atoms with van der Waals surface area (Å²) in [6.45, 7) is 5.90. The Kier molecular flexibility index (Phi) is 3.88. The van der Waals surface area contributed by atoms with E-state index in [0.717, 1.165) is 12.5 Å². The molecule has 0 aromatic carbocycles. The van der Waals surface area contributed by atoms with Gasteiger partial charge in [0.25, 0.3) is 0 Å². The first kappa shape index (κ1) is 12.3. The topological polar surface area (TPSA) is 32.5 Å². The highest BCUT2D eigenvalue weighted by Gasteiger charge is 2.36. The fraction of sp³-hybridized carbons (Fsp3) is 1.00. The number of nitrogens with zero attached hydrogens (tertiary/aromatic N) is 2. The van der Waals surface area contributed by atoms with Gasteiger partial charge in [-0.25, -0.2) is 0 Å². The summed E-state index contributed by atoms with van der Waals surface area (Å²) in [6.07, 6.45) is 5.45. The maximum absolute atomic E-state index is 5.91. The van der Waals surface area contributed by atoms with Crippen LogP contribution in [0, 0.1) is 11.3 Å². The summed E-state index contributed by atoms with van der Waals surface area (Å²) in [5, 5.41) is 0. The molecule has 1 atom stereocenters. The van der Waals surface area contributed by atoms with E-state index in [1.165, 1.54) is 51.9 Å². The monoisotopic (exact) mass is 225 g/mol. The Morgan fingerprint density at radius 1 is 1.44 bits per heavy atom. The lowest BCUT2D eigenvalue weighted by molar-refractivity contribution is 0.0807. The molecule has 0 aromatic heterocycles. The van der Waals surface area contributed by atoms with E-state index in [-0.39, 0.29) is 0 Å². The Bertz CT molecular complexity index is 220. The Morgan fingerprint density at radius 3 is 2.62 bits per heavy atom. The highest BCUT2D eigenvalue weighted by molar-refractivity contribution is 4.91. The quantitative estimate of drug-likeness (QED) is 0.757. The molecular formula is C13H27N3. The summed E-state index contributed by atoms with van der Waals surface area (Å²) in [5.41, 5.74) is 6.38. The van der Waals surface area contributed by atoms with E-state index in [1.807, 2.05) is 0 Å². The first-order valence-corrected chi connectivity index (χ1v) is 6.71. The van der Waals surface area contributed by atoms with Crippen molar-refractivity contribution in [3.8, 4) is 0 Å². The molecule has 0 bridgehead atoms. The SMILES string of the molecule is CN1CCC(CN(C)CC2(CN)CCC2)C1. The molecule has 2 fully saturated rings. The molecule has 0 radical (unpaired) electrons. The zero-order chi connectivity index (χ0) is 11.6. The molecule has 2 rings (SSSR count). The zero-order valence-electron chi connectivity index (χ0n) is 10.9. The number of hydrogen-bond donors (Lipinski definition) is 1. The normalized spacial score (nSPS) is 29.6. The van der Waals surface area contributed by atoms with Crippen LogP contribution in [0.15, 0.2) is 0 Å². The van der Waals surface area contributed by atoms with Crippen molar-refractivity contribution in [1.29, 1.82) is 0 Å². The number of nitrogens with two attached hydrogens (primary N) is 1. The van der Waals surface area contributed by atoms with Crippen LogP contribution in [0.3, 0.4) is 0 Å². The van der Waals surface area contributed by atoms with Crippen molar-refractivity contribution in [2.75, 3.05) is 46.8 Å². The summed E-state index contributed by atoms with van der Waals surface area (Å²) < 4.78 is 0. The first-order chi connectivity index (χ1) is 7.63. The van der Waals surface area contributed by atoms with Crippen molar-refractivity contribution in [2.45, 2.75) is 25.7 Å². The maximum Gasteiger partial charge on any atom is 0.00471 e. The van der Waals surface area contributed by atoms with Gasteiger partial charge in [0.1, 0.15) is 0 Å². The molecule has 1 aliphatic carbocycles. The Balaban J connectivity index is 1.73. The lowest BCUT2D eigenvalue weighted by atomic mass is 9.68. The Hall–Kier alpha value is -0.120. The fourth-order valence-corrected chi connectivity index (χ4v) is 3.36. The van der Waals surface area contributed by atoms with Gasteiger partial charge in [0.05, 0.1) is 0 Å². The van der Waals surface area contributed by atoms with Gasteiger partial charge in [-0.1, -0.05) is 6.42 Å². The summed E-state index contributed by atoms with van der Waals surface area (Å²) in [4.78, 5) is 4.97. The van der Waals surface area contributed by atoms with Crippen molar-refractivity contribution >= 4 is 0 Å². The summed E-state index contributed by atoms with van der Waals surface area (Å²) in [6, 6.07) is 0. The van der Waals surface area contributed by atoms with E-state index in [4.69, 9.17) is 5.73 Å². The van der Waals surface area contributed by atoms with Crippen molar-refractivity contribution < 1.29 is 0 Å². The molecule has 1 saturated heterocycles. The van der Waals surface area contributed by atoms with Crippen LogP contribution in [-0.4, -0.2) is 56.6 Å². The van der Waals surface area contributed by atoms with E-state index >= 15 is 0 Å².